The summed E-state index contributed by atoms with van der Waals surface area (Å²) < 4.78 is 0. The van der Waals surface area contributed by atoms with Gasteiger partial charge in [0.25, 0.3) is 0 Å². The normalized spacial score (nSPS) is 35.2. The van der Waals surface area contributed by atoms with Crippen LogP contribution in [0.1, 0.15) is 51.4 Å². The summed E-state index contributed by atoms with van der Waals surface area (Å²) in [6, 6.07) is 2.05. The Balaban J connectivity index is 1.42. The molecule has 2 aliphatic heterocycles. The van der Waals surface area contributed by atoms with Crippen molar-refractivity contribution in [2.75, 3.05) is 33.2 Å². The van der Waals surface area contributed by atoms with Gasteiger partial charge in [0.15, 0.2) is 0 Å². The molecule has 4 rings (SSSR count). The van der Waals surface area contributed by atoms with Crippen LogP contribution in [-0.4, -0.2) is 66.5 Å². The quantitative estimate of drug-likeness (QED) is 0.768. The minimum absolute atomic E-state index is 0.0259. The molecule has 4 fully saturated rings. The van der Waals surface area contributed by atoms with Crippen molar-refractivity contribution in [1.82, 2.24) is 20.4 Å². The molecule has 7 nitrogen and oxygen atoms in total. The average Bonchev–Trinajstić information content (AvgIpc) is 3.47. The fraction of sp³-hybridized carbons (Fsp3) is 0.857. The monoisotopic (exact) mass is 387 g/mol. The molecule has 28 heavy (non-hydrogen) atoms. The molecule has 4 atom stereocenters. The number of nitrogens with one attached hydrogen (secondary N) is 2. The Bertz CT molecular complexity index is 640. The van der Waals surface area contributed by atoms with Gasteiger partial charge in [0.1, 0.15) is 6.04 Å². The summed E-state index contributed by atoms with van der Waals surface area (Å²) in [5.74, 6) is 1.76. The third-order valence-electron chi connectivity index (χ3n) is 7.78. The second-order valence-electron chi connectivity index (χ2n) is 9.25. The topological polar surface area (TPSA) is 88.5 Å². The molecule has 0 aromatic carbocycles. The van der Waals surface area contributed by atoms with Crippen LogP contribution < -0.4 is 10.6 Å². The molecule has 0 bridgehead atoms. The molecule has 4 aliphatic rings. The van der Waals surface area contributed by atoms with Crippen molar-refractivity contribution in [3.8, 4) is 6.07 Å². The lowest BCUT2D eigenvalue weighted by Gasteiger charge is -2.39. The van der Waals surface area contributed by atoms with E-state index in [1.165, 1.54) is 25.7 Å². The van der Waals surface area contributed by atoms with Crippen LogP contribution in [0.5, 0.6) is 0 Å². The van der Waals surface area contributed by atoms with Crippen molar-refractivity contribution in [1.29, 1.82) is 5.26 Å². The Morgan fingerprint density at radius 1 is 1.11 bits per heavy atom. The molecule has 0 radical (unpaired) electrons. The van der Waals surface area contributed by atoms with Gasteiger partial charge >= 0.3 is 6.03 Å². The smallest absolute Gasteiger partial charge is 0.317 e. The van der Waals surface area contributed by atoms with Gasteiger partial charge < -0.3 is 20.4 Å². The van der Waals surface area contributed by atoms with Crippen LogP contribution in [0.4, 0.5) is 4.79 Å². The lowest BCUT2D eigenvalue weighted by atomic mass is 9.79. The molecule has 0 aromatic heterocycles. The number of urea groups is 1. The second-order valence-corrected chi connectivity index (χ2v) is 9.25. The van der Waals surface area contributed by atoms with Gasteiger partial charge in [-0.1, -0.05) is 12.8 Å². The number of hydrogen-bond donors (Lipinski definition) is 2. The van der Waals surface area contributed by atoms with Crippen molar-refractivity contribution in [2.24, 2.45) is 17.8 Å². The fourth-order valence-electron chi connectivity index (χ4n) is 6.40. The molecular formula is C21H33N5O2. The summed E-state index contributed by atoms with van der Waals surface area (Å²) in [6.45, 7) is 2.71. The first-order valence-electron chi connectivity index (χ1n) is 11.0. The van der Waals surface area contributed by atoms with Crippen molar-refractivity contribution in [3.63, 3.8) is 0 Å². The predicted molar refractivity (Wildman–Crippen MR) is 105 cm³/mol. The summed E-state index contributed by atoms with van der Waals surface area (Å²) >= 11 is 0. The summed E-state index contributed by atoms with van der Waals surface area (Å²) in [4.78, 5) is 28.5. The van der Waals surface area contributed by atoms with E-state index in [1.54, 1.807) is 11.9 Å². The first-order chi connectivity index (χ1) is 13.6. The molecule has 2 saturated carbocycles. The average molecular weight is 388 g/mol. The number of carbonyl (C=O) groups is 2. The Hall–Kier alpha value is -1.81. The van der Waals surface area contributed by atoms with E-state index in [1.807, 2.05) is 4.90 Å². The summed E-state index contributed by atoms with van der Waals surface area (Å²) in [6.07, 6.45) is 8.89. The number of likely N-dealkylation sites (tertiary alicyclic amines) is 2. The zero-order valence-electron chi connectivity index (χ0n) is 17.0. The number of rotatable bonds is 4. The van der Waals surface area contributed by atoms with Crippen LogP contribution >= 0.6 is 0 Å². The number of nitriles is 1. The number of carbonyl (C=O) groups excluding carboxylic acids is 2. The van der Waals surface area contributed by atoms with Crippen LogP contribution in [0.3, 0.4) is 0 Å². The van der Waals surface area contributed by atoms with Crippen LogP contribution in [0.25, 0.3) is 0 Å². The van der Waals surface area contributed by atoms with E-state index < -0.39 is 0 Å². The van der Waals surface area contributed by atoms with E-state index in [0.717, 1.165) is 38.8 Å². The van der Waals surface area contributed by atoms with E-state index in [2.05, 4.69) is 16.7 Å². The van der Waals surface area contributed by atoms with Gasteiger partial charge in [0.05, 0.1) is 12.6 Å². The molecule has 7 heteroatoms. The lowest BCUT2D eigenvalue weighted by molar-refractivity contribution is -0.130. The maximum absolute atomic E-state index is 12.8. The van der Waals surface area contributed by atoms with Crippen molar-refractivity contribution >= 4 is 11.9 Å². The Morgan fingerprint density at radius 3 is 2.39 bits per heavy atom. The first kappa shape index (κ1) is 19.5. The molecule has 154 valence electrons. The maximum Gasteiger partial charge on any atom is 0.317 e. The number of hydrogen-bond acceptors (Lipinski definition) is 4. The Kier molecular flexibility index (Phi) is 5.50. The maximum atomic E-state index is 12.8. The highest BCUT2D eigenvalue weighted by Gasteiger charge is 2.53. The minimum Gasteiger partial charge on any atom is -0.341 e. The fourth-order valence-corrected chi connectivity index (χ4v) is 6.40. The highest BCUT2D eigenvalue weighted by Crippen LogP contribution is 2.51. The van der Waals surface area contributed by atoms with Crippen molar-refractivity contribution < 1.29 is 9.59 Å². The third-order valence-corrected chi connectivity index (χ3v) is 7.78. The van der Waals surface area contributed by atoms with Gasteiger partial charge in [-0.05, 0) is 56.3 Å². The predicted octanol–water partition coefficient (Wildman–Crippen LogP) is 1.70. The van der Waals surface area contributed by atoms with E-state index in [4.69, 9.17) is 0 Å². The Morgan fingerprint density at radius 2 is 1.79 bits per heavy atom. The SMILES string of the molecule is CNC(=O)N1C[C@@H]2CC(NCC(=O)N3CCC[C@H]3C#N)(C3CCCC3)C[C@@H]2C1. The van der Waals surface area contributed by atoms with Gasteiger partial charge in [-0.3, -0.25) is 4.79 Å². The van der Waals surface area contributed by atoms with Crippen molar-refractivity contribution in [3.05, 3.63) is 0 Å². The highest BCUT2D eigenvalue weighted by molar-refractivity contribution is 5.79. The van der Waals surface area contributed by atoms with Crippen LogP contribution in [-0.2, 0) is 4.79 Å². The van der Waals surface area contributed by atoms with Gasteiger partial charge in [0.2, 0.25) is 5.91 Å². The first-order valence-corrected chi connectivity index (χ1v) is 11.0. The van der Waals surface area contributed by atoms with Crippen LogP contribution in [0, 0.1) is 29.1 Å². The van der Waals surface area contributed by atoms with Crippen molar-refractivity contribution in [2.45, 2.75) is 62.9 Å². The van der Waals surface area contributed by atoms with E-state index >= 15 is 0 Å². The molecule has 1 unspecified atom stereocenters. The van der Waals surface area contributed by atoms with Gasteiger partial charge in [-0.15, -0.1) is 0 Å². The number of amides is 3. The molecule has 3 amide bonds. The highest BCUT2D eigenvalue weighted by atomic mass is 16.2. The standard InChI is InChI=1S/C21H33N5O2/c1-23-20(28)25-13-15-9-21(10-16(15)14-25,17-5-2-3-6-17)24-12-19(27)26-8-4-7-18(26)11-22/h15-18,24H,2-10,12-14H2,1H3,(H,23,28)/t15-,16+,18-,21?/m0/s1. The minimum atomic E-state index is -0.249. The van der Waals surface area contributed by atoms with E-state index in [9.17, 15) is 14.9 Å². The van der Waals surface area contributed by atoms with Gasteiger partial charge in [-0.25, -0.2) is 4.79 Å². The largest absolute Gasteiger partial charge is 0.341 e. The molecule has 0 aromatic rings. The second kappa shape index (κ2) is 7.90. The van der Waals surface area contributed by atoms with Crippen LogP contribution in [0.15, 0.2) is 0 Å². The Labute approximate surface area is 167 Å². The number of fused-ring (bicyclic) bond motifs is 1. The number of nitrogens with zero attached hydrogens (tertiary/aromatic N) is 3. The molecule has 0 spiro atoms. The molecule has 2 heterocycles. The zero-order valence-corrected chi connectivity index (χ0v) is 17.0. The summed E-state index contributed by atoms with van der Waals surface area (Å²) in [5, 5.41) is 15.8. The van der Waals surface area contributed by atoms with E-state index in [-0.39, 0.29) is 23.5 Å². The van der Waals surface area contributed by atoms with Crippen LogP contribution in [0.2, 0.25) is 0 Å². The van der Waals surface area contributed by atoms with Gasteiger partial charge in [-0.2, -0.15) is 5.26 Å². The molecule has 2 N–H and O–H groups in total. The zero-order chi connectivity index (χ0) is 19.7. The molecular weight excluding hydrogens is 354 g/mol. The van der Waals surface area contributed by atoms with Gasteiger partial charge in [0, 0.05) is 32.2 Å². The van der Waals surface area contributed by atoms with E-state index in [0.29, 0.717) is 30.8 Å². The molecule has 2 saturated heterocycles. The molecule has 2 aliphatic carbocycles. The summed E-state index contributed by atoms with van der Waals surface area (Å²) in [7, 11) is 1.69. The lowest BCUT2D eigenvalue weighted by Crippen LogP contribution is -2.54. The third kappa shape index (κ3) is 3.47. The summed E-state index contributed by atoms with van der Waals surface area (Å²) in [5.41, 5.74) is 0.0259.